The molecule has 2 unspecified atom stereocenters. The largest absolute Gasteiger partial charge is 0.391 e. The van der Waals surface area contributed by atoms with E-state index in [0.29, 0.717) is 11.3 Å². The summed E-state index contributed by atoms with van der Waals surface area (Å²) in [5, 5.41) is 0. The zero-order valence-electron chi connectivity index (χ0n) is 21.7. The van der Waals surface area contributed by atoms with E-state index in [-0.39, 0.29) is 0 Å². The monoisotopic (exact) mass is 440 g/mol. The van der Waals surface area contributed by atoms with Crippen LogP contribution in [0.5, 0.6) is 0 Å². The molecule has 0 aliphatic rings. The van der Waals surface area contributed by atoms with Crippen molar-refractivity contribution in [2.75, 3.05) is 13.2 Å². The Bertz CT molecular complexity index is 391. The van der Waals surface area contributed by atoms with Crippen LogP contribution in [0.3, 0.4) is 0 Å². The molecule has 0 aliphatic heterocycles. The van der Waals surface area contributed by atoms with Crippen molar-refractivity contribution in [1.29, 1.82) is 0 Å². The average molecular weight is 441 g/mol. The van der Waals surface area contributed by atoms with Gasteiger partial charge >= 0.3 is 8.56 Å². The number of hydrogen-bond acceptors (Lipinski definition) is 2. The van der Waals surface area contributed by atoms with Gasteiger partial charge in [-0.15, -0.1) is 6.58 Å². The Kier molecular flexibility index (Phi) is 18.4. The van der Waals surface area contributed by atoms with Gasteiger partial charge in [0.05, 0.1) is 0 Å². The number of hydrogen-bond donors (Lipinski definition) is 0. The Morgan fingerprint density at radius 3 is 1.60 bits per heavy atom. The van der Waals surface area contributed by atoms with Crippen LogP contribution in [0.1, 0.15) is 131 Å². The van der Waals surface area contributed by atoms with Crippen molar-refractivity contribution in [1.82, 2.24) is 0 Å². The van der Waals surface area contributed by atoms with Crippen LogP contribution in [0.4, 0.5) is 0 Å². The first-order chi connectivity index (χ1) is 14.2. The SMILES string of the molecule is C=C[Si](C)(OCCCCCCCCCCCCCCCC)OCC(C)CC(C)(C)C. The molecule has 0 aromatic carbocycles. The van der Waals surface area contributed by atoms with Gasteiger partial charge in [-0.25, -0.2) is 0 Å². The van der Waals surface area contributed by atoms with Gasteiger partial charge in [0.2, 0.25) is 0 Å². The second kappa shape index (κ2) is 18.4. The van der Waals surface area contributed by atoms with Crippen LogP contribution in [0.15, 0.2) is 12.3 Å². The van der Waals surface area contributed by atoms with Gasteiger partial charge in [0.15, 0.2) is 0 Å². The first-order valence-electron chi connectivity index (χ1n) is 13.1. The second-order valence-electron chi connectivity index (χ2n) is 10.8. The second-order valence-corrected chi connectivity index (χ2v) is 13.9. The molecule has 2 nitrogen and oxygen atoms in total. The highest BCUT2D eigenvalue weighted by Gasteiger charge is 2.28. The van der Waals surface area contributed by atoms with Gasteiger partial charge in [0.1, 0.15) is 0 Å². The summed E-state index contributed by atoms with van der Waals surface area (Å²) >= 11 is 0. The highest BCUT2D eigenvalue weighted by atomic mass is 28.4. The summed E-state index contributed by atoms with van der Waals surface area (Å²) in [7, 11) is -2.20. The van der Waals surface area contributed by atoms with E-state index in [9.17, 15) is 0 Å². The van der Waals surface area contributed by atoms with E-state index < -0.39 is 8.56 Å². The lowest BCUT2D eigenvalue weighted by Crippen LogP contribution is -2.38. The maximum absolute atomic E-state index is 6.20. The van der Waals surface area contributed by atoms with Gasteiger partial charge in [-0.3, -0.25) is 0 Å². The molecule has 0 N–H and O–H groups in total. The molecule has 0 aromatic rings. The van der Waals surface area contributed by atoms with E-state index in [1.54, 1.807) is 0 Å². The third kappa shape index (κ3) is 19.8. The molecule has 0 saturated carbocycles. The lowest BCUT2D eigenvalue weighted by molar-refractivity contribution is 0.143. The highest BCUT2D eigenvalue weighted by Crippen LogP contribution is 2.25. The maximum atomic E-state index is 6.20. The van der Waals surface area contributed by atoms with E-state index in [0.717, 1.165) is 19.6 Å². The first-order valence-corrected chi connectivity index (χ1v) is 15.5. The lowest BCUT2D eigenvalue weighted by atomic mass is 9.86. The predicted molar refractivity (Wildman–Crippen MR) is 137 cm³/mol. The molecular weight excluding hydrogens is 384 g/mol. The summed E-state index contributed by atoms with van der Waals surface area (Å²) in [6.45, 7) is 19.2. The minimum absolute atomic E-state index is 0.351. The van der Waals surface area contributed by atoms with E-state index in [1.807, 2.05) is 5.70 Å². The van der Waals surface area contributed by atoms with Crippen LogP contribution >= 0.6 is 0 Å². The Labute approximate surface area is 191 Å². The van der Waals surface area contributed by atoms with Crippen molar-refractivity contribution < 1.29 is 8.85 Å². The van der Waals surface area contributed by atoms with Crippen molar-refractivity contribution in [3.63, 3.8) is 0 Å². The van der Waals surface area contributed by atoms with Crippen molar-refractivity contribution in [2.24, 2.45) is 11.3 Å². The summed E-state index contributed by atoms with van der Waals surface area (Å²) in [6, 6.07) is 0. The molecule has 0 spiro atoms. The molecule has 30 heavy (non-hydrogen) atoms. The molecule has 0 radical (unpaired) electrons. The van der Waals surface area contributed by atoms with E-state index in [1.165, 1.54) is 89.9 Å². The Balaban J connectivity index is 3.57. The molecule has 0 bridgehead atoms. The normalized spacial score (nSPS) is 15.1. The Morgan fingerprint density at radius 2 is 1.20 bits per heavy atom. The minimum atomic E-state index is -2.20. The number of rotatable bonds is 21. The lowest BCUT2D eigenvalue weighted by Gasteiger charge is -2.28. The van der Waals surface area contributed by atoms with Crippen molar-refractivity contribution in [2.45, 2.75) is 137 Å². The molecule has 0 saturated heterocycles. The van der Waals surface area contributed by atoms with Crippen molar-refractivity contribution in [3.05, 3.63) is 12.3 Å². The van der Waals surface area contributed by atoms with Crippen LogP contribution in [0.2, 0.25) is 6.55 Å². The molecule has 180 valence electrons. The minimum Gasteiger partial charge on any atom is -0.391 e. The fourth-order valence-corrected chi connectivity index (χ4v) is 5.63. The summed E-state index contributed by atoms with van der Waals surface area (Å²) in [6.07, 6.45) is 20.6. The van der Waals surface area contributed by atoms with Gasteiger partial charge in [-0.05, 0) is 36.4 Å². The summed E-state index contributed by atoms with van der Waals surface area (Å²) in [5.41, 5.74) is 2.30. The van der Waals surface area contributed by atoms with Crippen LogP contribution in [-0.4, -0.2) is 21.8 Å². The molecular formula is C27H56O2Si. The van der Waals surface area contributed by atoms with Crippen LogP contribution in [0, 0.1) is 11.3 Å². The van der Waals surface area contributed by atoms with Crippen LogP contribution in [-0.2, 0) is 8.85 Å². The van der Waals surface area contributed by atoms with E-state index >= 15 is 0 Å². The zero-order chi connectivity index (χ0) is 22.7. The summed E-state index contributed by atoms with van der Waals surface area (Å²) in [5.74, 6) is 0.557. The van der Waals surface area contributed by atoms with Crippen molar-refractivity contribution in [3.8, 4) is 0 Å². The van der Waals surface area contributed by atoms with Gasteiger partial charge in [0, 0.05) is 13.2 Å². The fraction of sp³-hybridized carbons (Fsp3) is 0.926. The number of unbranched alkanes of at least 4 members (excludes halogenated alkanes) is 13. The van der Waals surface area contributed by atoms with Gasteiger partial charge in [-0.2, -0.15) is 0 Å². The van der Waals surface area contributed by atoms with E-state index in [2.05, 4.69) is 47.7 Å². The molecule has 0 heterocycles. The third-order valence-corrected chi connectivity index (χ3v) is 8.13. The molecule has 0 aromatic heterocycles. The Morgan fingerprint density at radius 1 is 0.767 bits per heavy atom. The highest BCUT2D eigenvalue weighted by molar-refractivity contribution is 6.71. The Hall–Kier alpha value is -0.123. The first kappa shape index (κ1) is 29.9. The zero-order valence-corrected chi connectivity index (χ0v) is 22.7. The summed E-state index contributed by atoms with van der Waals surface area (Å²) in [4.78, 5) is 0. The molecule has 2 atom stereocenters. The smallest absolute Gasteiger partial charge is 0.361 e. The molecule has 0 aliphatic carbocycles. The molecule has 0 rings (SSSR count). The fourth-order valence-electron chi connectivity index (χ4n) is 4.14. The quantitative estimate of drug-likeness (QED) is 0.131. The molecule has 3 heteroatoms. The topological polar surface area (TPSA) is 18.5 Å². The standard InChI is InChI=1S/C27H56O2Si/c1-8-10-11-12-13-14-15-16-17-18-19-20-21-22-23-28-30(7,9-2)29-25-26(3)24-27(4,5)6/h9,26H,2,8,10-25H2,1,3-7H3. The van der Waals surface area contributed by atoms with Crippen LogP contribution < -0.4 is 0 Å². The van der Waals surface area contributed by atoms with Gasteiger partial charge < -0.3 is 8.85 Å². The predicted octanol–water partition coefficient (Wildman–Crippen LogP) is 9.37. The van der Waals surface area contributed by atoms with Gasteiger partial charge in [0.25, 0.3) is 0 Å². The van der Waals surface area contributed by atoms with Crippen molar-refractivity contribution >= 4 is 8.56 Å². The third-order valence-electron chi connectivity index (χ3n) is 5.87. The molecule has 0 fully saturated rings. The maximum Gasteiger partial charge on any atom is 0.361 e. The molecule has 0 amide bonds. The average Bonchev–Trinajstić information content (AvgIpc) is 2.68. The van der Waals surface area contributed by atoms with Crippen LogP contribution in [0.25, 0.3) is 0 Å². The van der Waals surface area contributed by atoms with Gasteiger partial charge in [-0.1, -0.05) is 118 Å². The summed E-state index contributed by atoms with van der Waals surface area (Å²) < 4.78 is 12.4. The van der Waals surface area contributed by atoms with E-state index in [4.69, 9.17) is 8.85 Å².